The fourth-order valence-corrected chi connectivity index (χ4v) is 4.37. The molecule has 0 radical (unpaired) electrons. The van der Waals surface area contributed by atoms with Crippen molar-refractivity contribution in [3.8, 4) is 0 Å². The van der Waals surface area contributed by atoms with Gasteiger partial charge in [0.2, 0.25) is 0 Å². The number of rotatable bonds is 5. The molecule has 3 heterocycles. The van der Waals surface area contributed by atoms with Gasteiger partial charge in [0.25, 0.3) is 0 Å². The van der Waals surface area contributed by atoms with E-state index in [1.165, 1.54) is 0 Å². The van der Waals surface area contributed by atoms with Crippen molar-refractivity contribution in [1.29, 1.82) is 0 Å². The number of benzene rings is 1. The molecule has 30 heavy (non-hydrogen) atoms. The van der Waals surface area contributed by atoms with E-state index < -0.39 is 6.10 Å². The number of fused-ring (bicyclic) bond motifs is 1. The summed E-state index contributed by atoms with van der Waals surface area (Å²) in [5.74, 6) is 0.479. The number of ether oxygens (including phenoxy) is 1. The Morgan fingerprint density at radius 1 is 1.30 bits per heavy atom. The van der Waals surface area contributed by atoms with Gasteiger partial charge in [-0.15, -0.1) is 0 Å². The van der Waals surface area contributed by atoms with Crippen LogP contribution in [-0.4, -0.2) is 45.3 Å². The maximum absolute atomic E-state index is 12.7. The minimum Gasteiger partial charge on any atom is -0.462 e. The van der Waals surface area contributed by atoms with E-state index >= 15 is 0 Å². The van der Waals surface area contributed by atoms with E-state index in [1.807, 2.05) is 42.9 Å². The number of anilines is 1. The average molecular weight is 409 g/mol. The SMILES string of the molecule is CCOC(=O)c1cnc2c(C)cccc2c1N1CCC(C(O)c2nccn2C)CC1. The molecule has 0 bridgehead atoms. The van der Waals surface area contributed by atoms with Crippen molar-refractivity contribution in [3.05, 3.63) is 53.7 Å². The van der Waals surface area contributed by atoms with Gasteiger partial charge in [0, 0.05) is 44.1 Å². The van der Waals surface area contributed by atoms with E-state index in [-0.39, 0.29) is 11.9 Å². The normalized spacial score (nSPS) is 16.1. The van der Waals surface area contributed by atoms with Crippen molar-refractivity contribution in [3.63, 3.8) is 0 Å². The van der Waals surface area contributed by atoms with Gasteiger partial charge in [0.15, 0.2) is 0 Å². The minimum atomic E-state index is -0.590. The van der Waals surface area contributed by atoms with Crippen molar-refractivity contribution in [2.24, 2.45) is 13.0 Å². The van der Waals surface area contributed by atoms with Crippen LogP contribution in [0.2, 0.25) is 0 Å². The Hall–Kier alpha value is -2.93. The summed E-state index contributed by atoms with van der Waals surface area (Å²) in [7, 11) is 1.90. The smallest absolute Gasteiger partial charge is 0.341 e. The maximum Gasteiger partial charge on any atom is 0.341 e. The number of hydrogen-bond acceptors (Lipinski definition) is 6. The third-order valence-electron chi connectivity index (χ3n) is 5.99. The Bertz CT molecular complexity index is 1050. The molecule has 0 aliphatic carbocycles. The quantitative estimate of drug-likeness (QED) is 0.652. The van der Waals surface area contributed by atoms with Crippen molar-refractivity contribution in [1.82, 2.24) is 14.5 Å². The fraction of sp³-hybridized carbons (Fsp3) is 0.435. The molecule has 0 spiro atoms. The third-order valence-corrected chi connectivity index (χ3v) is 5.99. The number of aryl methyl sites for hydroxylation is 2. The first-order valence-electron chi connectivity index (χ1n) is 10.5. The minimum absolute atomic E-state index is 0.128. The second-order valence-electron chi connectivity index (χ2n) is 7.88. The number of carbonyl (C=O) groups excluding carboxylic acids is 1. The number of aliphatic hydroxyl groups is 1. The Balaban J connectivity index is 1.64. The van der Waals surface area contributed by atoms with Crippen LogP contribution in [0.15, 0.2) is 36.8 Å². The van der Waals surface area contributed by atoms with Crippen LogP contribution < -0.4 is 4.90 Å². The first-order chi connectivity index (χ1) is 14.5. The lowest BCUT2D eigenvalue weighted by Crippen LogP contribution is -2.37. The second kappa shape index (κ2) is 8.44. The van der Waals surface area contributed by atoms with Crippen LogP contribution in [0.1, 0.15) is 47.6 Å². The van der Waals surface area contributed by atoms with Gasteiger partial charge in [-0.1, -0.05) is 18.2 Å². The molecule has 7 nitrogen and oxygen atoms in total. The van der Waals surface area contributed by atoms with Crippen molar-refractivity contribution >= 4 is 22.6 Å². The van der Waals surface area contributed by atoms with Gasteiger partial charge in [-0.05, 0) is 38.2 Å². The molecule has 1 N–H and O–H groups in total. The number of nitrogens with zero attached hydrogens (tertiary/aromatic N) is 4. The Labute approximate surface area is 176 Å². The molecule has 1 unspecified atom stereocenters. The highest BCUT2D eigenvalue weighted by Gasteiger charge is 2.31. The third kappa shape index (κ3) is 3.65. The fourth-order valence-electron chi connectivity index (χ4n) is 4.37. The highest BCUT2D eigenvalue weighted by atomic mass is 16.5. The number of carbonyl (C=O) groups is 1. The van der Waals surface area contributed by atoms with Gasteiger partial charge in [0.1, 0.15) is 17.5 Å². The van der Waals surface area contributed by atoms with Crippen LogP contribution >= 0.6 is 0 Å². The van der Waals surface area contributed by atoms with Gasteiger partial charge < -0.3 is 19.3 Å². The Morgan fingerprint density at radius 2 is 2.07 bits per heavy atom. The molecule has 1 aliphatic rings. The van der Waals surface area contributed by atoms with Crippen LogP contribution in [0, 0.1) is 12.8 Å². The molecular formula is C23H28N4O3. The van der Waals surface area contributed by atoms with E-state index in [2.05, 4.69) is 14.9 Å². The molecular weight excluding hydrogens is 380 g/mol. The van der Waals surface area contributed by atoms with Gasteiger partial charge in [-0.3, -0.25) is 4.98 Å². The topological polar surface area (TPSA) is 80.5 Å². The van der Waals surface area contributed by atoms with Crippen molar-refractivity contribution in [2.75, 3.05) is 24.6 Å². The molecule has 3 aromatic rings. The summed E-state index contributed by atoms with van der Waals surface area (Å²) in [5, 5.41) is 11.8. The predicted octanol–water partition coefficient (Wildman–Crippen LogP) is 3.40. The molecule has 7 heteroatoms. The predicted molar refractivity (Wildman–Crippen MR) is 116 cm³/mol. The first-order valence-corrected chi connectivity index (χ1v) is 10.5. The molecule has 1 fully saturated rings. The van der Waals surface area contributed by atoms with Gasteiger partial charge in [0.05, 0.1) is 17.8 Å². The summed E-state index contributed by atoms with van der Waals surface area (Å²) in [5.41, 5.74) is 3.35. The number of esters is 1. The number of piperidine rings is 1. The molecule has 1 saturated heterocycles. The lowest BCUT2D eigenvalue weighted by atomic mass is 9.90. The first kappa shape index (κ1) is 20.3. The lowest BCUT2D eigenvalue weighted by Gasteiger charge is -2.36. The average Bonchev–Trinajstić information content (AvgIpc) is 3.19. The lowest BCUT2D eigenvalue weighted by molar-refractivity contribution is 0.0526. The zero-order valence-electron chi connectivity index (χ0n) is 17.7. The van der Waals surface area contributed by atoms with E-state index in [0.717, 1.165) is 48.1 Å². The molecule has 158 valence electrons. The van der Waals surface area contributed by atoms with Crippen LogP contribution in [0.3, 0.4) is 0 Å². The van der Waals surface area contributed by atoms with Gasteiger partial charge in [-0.2, -0.15) is 0 Å². The second-order valence-corrected chi connectivity index (χ2v) is 7.88. The van der Waals surface area contributed by atoms with Crippen LogP contribution in [0.5, 0.6) is 0 Å². The highest BCUT2D eigenvalue weighted by Crippen LogP contribution is 2.36. The number of aromatic nitrogens is 3. The standard InChI is InChI=1S/C23H28N4O3/c1-4-30-23(29)18-14-25-19-15(2)6-5-7-17(19)20(18)27-11-8-16(9-12-27)21(28)22-24-10-13-26(22)3/h5-7,10,13-14,16,21,28H,4,8-9,11-12H2,1-3H3. The highest BCUT2D eigenvalue weighted by molar-refractivity contribution is 6.05. The number of imidazole rings is 1. The number of hydrogen-bond donors (Lipinski definition) is 1. The largest absolute Gasteiger partial charge is 0.462 e. The van der Waals surface area contributed by atoms with E-state index in [9.17, 15) is 9.90 Å². The summed E-state index contributed by atoms with van der Waals surface area (Å²) < 4.78 is 7.17. The molecule has 0 amide bonds. The molecule has 0 saturated carbocycles. The van der Waals surface area contributed by atoms with Crippen LogP contribution in [-0.2, 0) is 11.8 Å². The van der Waals surface area contributed by atoms with Gasteiger partial charge in [-0.25, -0.2) is 9.78 Å². The maximum atomic E-state index is 12.7. The van der Waals surface area contributed by atoms with Crippen molar-refractivity contribution < 1.29 is 14.6 Å². The summed E-state index contributed by atoms with van der Waals surface area (Å²) in [6, 6.07) is 6.04. The Morgan fingerprint density at radius 3 is 2.73 bits per heavy atom. The molecule has 1 atom stereocenters. The summed E-state index contributed by atoms with van der Waals surface area (Å²) in [4.78, 5) is 23.7. The zero-order valence-corrected chi connectivity index (χ0v) is 17.7. The summed E-state index contributed by atoms with van der Waals surface area (Å²) in [6.45, 7) is 5.64. The molecule has 4 rings (SSSR count). The van der Waals surface area contributed by atoms with Crippen molar-refractivity contribution in [2.45, 2.75) is 32.8 Å². The Kier molecular flexibility index (Phi) is 5.72. The van der Waals surface area contributed by atoms with E-state index in [1.54, 1.807) is 19.3 Å². The van der Waals surface area contributed by atoms with Crippen LogP contribution in [0.4, 0.5) is 5.69 Å². The van der Waals surface area contributed by atoms with E-state index in [0.29, 0.717) is 18.0 Å². The van der Waals surface area contributed by atoms with E-state index in [4.69, 9.17) is 4.74 Å². The monoisotopic (exact) mass is 408 g/mol. The number of para-hydroxylation sites is 1. The summed E-state index contributed by atoms with van der Waals surface area (Å²) in [6.07, 6.45) is 6.23. The molecule has 1 aromatic carbocycles. The number of pyridine rings is 1. The molecule has 1 aliphatic heterocycles. The van der Waals surface area contributed by atoms with Crippen LogP contribution in [0.25, 0.3) is 10.9 Å². The number of aliphatic hydroxyl groups excluding tert-OH is 1. The van der Waals surface area contributed by atoms with Gasteiger partial charge >= 0.3 is 5.97 Å². The molecule has 2 aromatic heterocycles. The zero-order chi connectivity index (χ0) is 21.3. The summed E-state index contributed by atoms with van der Waals surface area (Å²) >= 11 is 0.